The highest BCUT2D eigenvalue weighted by molar-refractivity contribution is 6.05. The summed E-state index contributed by atoms with van der Waals surface area (Å²) in [7, 11) is 0. The lowest BCUT2D eigenvalue weighted by Crippen LogP contribution is -2.22. The Hall–Kier alpha value is -2.87. The Bertz CT molecular complexity index is 900. The molecule has 5 rings (SSSR count). The zero-order valence-electron chi connectivity index (χ0n) is 13.3. The number of hydrazone groups is 1. The molecule has 3 aromatic rings. The van der Waals surface area contributed by atoms with Gasteiger partial charge in [0.25, 0.3) is 0 Å². The molecule has 0 fully saturated rings. The molecular weight excluding hydrogens is 292 g/mol. The van der Waals surface area contributed by atoms with Crippen LogP contribution in [0.15, 0.2) is 90.0 Å². The minimum absolute atomic E-state index is 0.304. The Balaban J connectivity index is 1.66. The van der Waals surface area contributed by atoms with Crippen LogP contribution in [0.4, 0.5) is 5.69 Å². The second-order valence-electron chi connectivity index (χ2n) is 6.49. The SMILES string of the molecule is c1ccc(C2=NN(c3ccccc3)[C@H]3c4ccccc4C[C@@H]23)cc1. The summed E-state index contributed by atoms with van der Waals surface area (Å²) in [6.07, 6.45) is 1.07. The zero-order valence-corrected chi connectivity index (χ0v) is 13.3. The predicted octanol–water partition coefficient (Wildman–Crippen LogP) is 4.82. The first kappa shape index (κ1) is 13.6. The summed E-state index contributed by atoms with van der Waals surface area (Å²) in [6.45, 7) is 0. The van der Waals surface area contributed by atoms with Gasteiger partial charge in [0.2, 0.25) is 0 Å². The van der Waals surface area contributed by atoms with E-state index in [1.54, 1.807) is 0 Å². The van der Waals surface area contributed by atoms with Crippen molar-refractivity contribution in [1.82, 2.24) is 0 Å². The van der Waals surface area contributed by atoms with Crippen molar-refractivity contribution in [3.63, 3.8) is 0 Å². The van der Waals surface area contributed by atoms with Crippen molar-refractivity contribution in [3.05, 3.63) is 102 Å². The van der Waals surface area contributed by atoms with Gasteiger partial charge in [0.05, 0.1) is 17.4 Å². The Morgan fingerprint density at radius 1 is 0.750 bits per heavy atom. The quantitative estimate of drug-likeness (QED) is 0.662. The van der Waals surface area contributed by atoms with Gasteiger partial charge in [-0.1, -0.05) is 72.8 Å². The molecule has 116 valence electrons. The van der Waals surface area contributed by atoms with E-state index in [2.05, 4.69) is 89.9 Å². The van der Waals surface area contributed by atoms with Gasteiger partial charge in [-0.05, 0) is 35.2 Å². The molecule has 0 aromatic heterocycles. The highest BCUT2D eigenvalue weighted by Crippen LogP contribution is 2.47. The van der Waals surface area contributed by atoms with Crippen LogP contribution in [0.2, 0.25) is 0 Å². The van der Waals surface area contributed by atoms with E-state index in [-0.39, 0.29) is 0 Å². The van der Waals surface area contributed by atoms with Gasteiger partial charge in [-0.15, -0.1) is 0 Å². The third-order valence-corrected chi connectivity index (χ3v) is 5.12. The highest BCUT2D eigenvalue weighted by Gasteiger charge is 2.44. The van der Waals surface area contributed by atoms with Gasteiger partial charge in [-0.3, -0.25) is 5.01 Å². The van der Waals surface area contributed by atoms with E-state index in [1.807, 2.05) is 0 Å². The molecule has 1 aliphatic heterocycles. The number of benzene rings is 3. The molecule has 0 N–H and O–H groups in total. The van der Waals surface area contributed by atoms with Gasteiger partial charge in [-0.25, -0.2) is 0 Å². The Labute approximate surface area is 142 Å². The number of fused-ring (bicyclic) bond motifs is 3. The zero-order chi connectivity index (χ0) is 15.9. The standard InChI is InChI=1S/C22H18N2/c1-3-9-16(10-4-1)21-20-15-17-11-7-8-14-19(17)22(20)24(23-21)18-12-5-2-6-13-18/h1-14,20,22H,15H2/t20-,22-/m0/s1. The molecule has 2 heteroatoms. The summed E-state index contributed by atoms with van der Waals surface area (Å²) >= 11 is 0. The van der Waals surface area contributed by atoms with Gasteiger partial charge in [0, 0.05) is 5.92 Å². The third kappa shape index (κ3) is 2.00. The van der Waals surface area contributed by atoms with Crippen molar-refractivity contribution < 1.29 is 0 Å². The smallest absolute Gasteiger partial charge is 0.0865 e. The molecule has 3 aromatic carbocycles. The second-order valence-corrected chi connectivity index (χ2v) is 6.49. The number of anilines is 1. The minimum Gasteiger partial charge on any atom is -0.257 e. The molecule has 1 aliphatic carbocycles. The van der Waals surface area contributed by atoms with E-state index in [9.17, 15) is 0 Å². The van der Waals surface area contributed by atoms with Crippen molar-refractivity contribution >= 4 is 11.4 Å². The molecule has 2 aliphatic rings. The van der Waals surface area contributed by atoms with E-state index >= 15 is 0 Å². The van der Waals surface area contributed by atoms with Crippen molar-refractivity contribution in [2.45, 2.75) is 12.5 Å². The normalized spacial score (nSPS) is 21.3. The van der Waals surface area contributed by atoms with Crippen LogP contribution >= 0.6 is 0 Å². The summed E-state index contributed by atoms with van der Waals surface area (Å²) in [4.78, 5) is 0. The van der Waals surface area contributed by atoms with Crippen LogP contribution in [-0.2, 0) is 6.42 Å². The van der Waals surface area contributed by atoms with Crippen LogP contribution < -0.4 is 5.01 Å². The number of para-hydroxylation sites is 1. The number of rotatable bonds is 2. The average Bonchev–Trinajstić information content (AvgIpc) is 3.20. The van der Waals surface area contributed by atoms with E-state index in [0.29, 0.717) is 12.0 Å². The molecule has 0 amide bonds. The predicted molar refractivity (Wildman–Crippen MR) is 98.3 cm³/mol. The third-order valence-electron chi connectivity index (χ3n) is 5.12. The summed E-state index contributed by atoms with van der Waals surface area (Å²) < 4.78 is 0. The number of hydrogen-bond donors (Lipinski definition) is 0. The molecule has 0 radical (unpaired) electrons. The molecule has 0 unspecified atom stereocenters. The molecule has 2 nitrogen and oxygen atoms in total. The number of hydrogen-bond acceptors (Lipinski definition) is 2. The highest BCUT2D eigenvalue weighted by atomic mass is 15.5. The minimum atomic E-state index is 0.304. The lowest BCUT2D eigenvalue weighted by Gasteiger charge is -2.24. The Morgan fingerprint density at radius 3 is 2.21 bits per heavy atom. The van der Waals surface area contributed by atoms with Crippen molar-refractivity contribution in [1.29, 1.82) is 0 Å². The fraction of sp³-hybridized carbons (Fsp3) is 0.136. The van der Waals surface area contributed by atoms with E-state index in [0.717, 1.165) is 12.1 Å². The van der Waals surface area contributed by atoms with Crippen LogP contribution in [0.25, 0.3) is 0 Å². The Morgan fingerprint density at radius 2 is 1.42 bits per heavy atom. The summed E-state index contributed by atoms with van der Waals surface area (Å²) in [5.74, 6) is 0.421. The summed E-state index contributed by atoms with van der Waals surface area (Å²) in [5.41, 5.74) is 6.48. The fourth-order valence-corrected chi connectivity index (χ4v) is 4.05. The first-order chi connectivity index (χ1) is 11.9. The Kier molecular flexibility index (Phi) is 3.02. The fourth-order valence-electron chi connectivity index (χ4n) is 4.05. The molecule has 24 heavy (non-hydrogen) atoms. The molecule has 0 bridgehead atoms. The van der Waals surface area contributed by atoms with Gasteiger partial charge < -0.3 is 0 Å². The first-order valence-electron chi connectivity index (χ1n) is 8.48. The molecule has 2 atom stereocenters. The second kappa shape index (κ2) is 5.34. The van der Waals surface area contributed by atoms with Gasteiger partial charge >= 0.3 is 0 Å². The van der Waals surface area contributed by atoms with E-state index in [4.69, 9.17) is 5.10 Å². The molecule has 0 saturated heterocycles. The van der Waals surface area contributed by atoms with Crippen LogP contribution in [0.1, 0.15) is 22.7 Å². The lowest BCUT2D eigenvalue weighted by atomic mass is 9.92. The maximum atomic E-state index is 5.06. The topological polar surface area (TPSA) is 15.6 Å². The average molecular weight is 310 g/mol. The molecule has 0 spiro atoms. The van der Waals surface area contributed by atoms with E-state index in [1.165, 1.54) is 22.4 Å². The van der Waals surface area contributed by atoms with Crippen molar-refractivity contribution in [2.24, 2.45) is 11.0 Å². The van der Waals surface area contributed by atoms with Crippen LogP contribution in [0.3, 0.4) is 0 Å². The monoisotopic (exact) mass is 310 g/mol. The van der Waals surface area contributed by atoms with Gasteiger partial charge in [0.15, 0.2) is 0 Å². The maximum Gasteiger partial charge on any atom is 0.0865 e. The molecular formula is C22H18N2. The van der Waals surface area contributed by atoms with Gasteiger partial charge in [0.1, 0.15) is 0 Å². The van der Waals surface area contributed by atoms with Crippen LogP contribution in [0.5, 0.6) is 0 Å². The van der Waals surface area contributed by atoms with Crippen LogP contribution in [-0.4, -0.2) is 5.71 Å². The summed E-state index contributed by atoms with van der Waals surface area (Å²) in [6, 6.07) is 30.2. The first-order valence-corrected chi connectivity index (χ1v) is 8.48. The van der Waals surface area contributed by atoms with Crippen molar-refractivity contribution in [3.8, 4) is 0 Å². The van der Waals surface area contributed by atoms with Crippen molar-refractivity contribution in [2.75, 3.05) is 5.01 Å². The maximum absolute atomic E-state index is 5.06. The van der Waals surface area contributed by atoms with Crippen LogP contribution in [0, 0.1) is 5.92 Å². The summed E-state index contributed by atoms with van der Waals surface area (Å²) in [5, 5.41) is 7.28. The number of nitrogens with zero attached hydrogens (tertiary/aromatic N) is 2. The molecule has 0 saturated carbocycles. The largest absolute Gasteiger partial charge is 0.257 e. The van der Waals surface area contributed by atoms with E-state index < -0.39 is 0 Å². The molecule has 1 heterocycles. The van der Waals surface area contributed by atoms with Gasteiger partial charge in [-0.2, -0.15) is 5.10 Å². The lowest BCUT2D eigenvalue weighted by molar-refractivity contribution is 0.597.